The molecule has 0 heterocycles. The van der Waals surface area contributed by atoms with E-state index in [-0.39, 0.29) is 6.54 Å². The molecule has 0 bridgehead atoms. The maximum absolute atomic E-state index is 11.5. The van der Waals surface area contributed by atoms with Gasteiger partial charge >= 0.3 is 0 Å². The summed E-state index contributed by atoms with van der Waals surface area (Å²) in [6.07, 6.45) is 2.67. The van der Waals surface area contributed by atoms with Crippen LogP contribution in [-0.4, -0.2) is 38.5 Å². The highest BCUT2D eigenvalue weighted by Gasteiger charge is 2.51. The van der Waals surface area contributed by atoms with Crippen LogP contribution < -0.4 is 11.1 Å². The maximum Gasteiger partial charge on any atom is 0.188 e. The topological polar surface area (TPSA) is 84.5 Å². The van der Waals surface area contributed by atoms with Crippen molar-refractivity contribution >= 4 is 15.8 Å². The minimum Gasteiger partial charge on any atom is -0.370 e. The Hall–Kier alpha value is -0.780. The number of nitrogens with zero attached hydrogens (tertiary/aromatic N) is 1. The molecule has 1 aliphatic carbocycles. The van der Waals surface area contributed by atoms with E-state index in [1.165, 1.54) is 6.26 Å². The van der Waals surface area contributed by atoms with Crippen molar-refractivity contribution in [2.75, 3.05) is 19.3 Å². The summed E-state index contributed by atoms with van der Waals surface area (Å²) in [5.74, 6) is 0.821. The first-order valence-corrected chi connectivity index (χ1v) is 7.39. The Kier molecular flexibility index (Phi) is 3.83. The molecule has 0 aromatic rings. The Balaban J connectivity index is 2.48. The summed E-state index contributed by atoms with van der Waals surface area (Å²) in [5, 5.41) is 2.97. The van der Waals surface area contributed by atoms with E-state index in [0.717, 1.165) is 6.54 Å². The summed E-state index contributed by atoms with van der Waals surface area (Å²) in [6, 6.07) is 0. The monoisotopic (exact) mass is 247 g/mol. The average Bonchev–Trinajstić information content (AvgIpc) is 2.91. The van der Waals surface area contributed by atoms with Gasteiger partial charge in [0.15, 0.2) is 15.8 Å². The molecule has 1 aliphatic rings. The third kappa shape index (κ3) is 3.37. The van der Waals surface area contributed by atoms with Crippen LogP contribution in [-0.2, 0) is 9.84 Å². The summed E-state index contributed by atoms with van der Waals surface area (Å²) in [5.41, 5.74) is 5.64. The van der Waals surface area contributed by atoms with Gasteiger partial charge in [-0.3, -0.25) is 4.99 Å². The van der Waals surface area contributed by atoms with Gasteiger partial charge in [-0.25, -0.2) is 8.42 Å². The second-order valence-electron chi connectivity index (χ2n) is 4.93. The zero-order valence-electron chi connectivity index (χ0n) is 10.2. The SMILES string of the molecule is CC(C)CNC(N)=NCC1(S(C)(=O)=O)CC1. The van der Waals surface area contributed by atoms with E-state index in [1.807, 2.05) is 0 Å². The highest BCUT2D eigenvalue weighted by Crippen LogP contribution is 2.43. The molecule has 1 rings (SSSR count). The number of aliphatic imine (C=N–C) groups is 1. The maximum atomic E-state index is 11.5. The number of nitrogens with two attached hydrogens (primary N) is 1. The van der Waals surface area contributed by atoms with E-state index in [1.54, 1.807) is 0 Å². The van der Waals surface area contributed by atoms with Gasteiger partial charge in [0.2, 0.25) is 0 Å². The van der Waals surface area contributed by atoms with Gasteiger partial charge in [-0.1, -0.05) is 13.8 Å². The predicted octanol–water partition coefficient (Wildman–Crippen LogP) is 0.124. The molecule has 94 valence electrons. The van der Waals surface area contributed by atoms with E-state index >= 15 is 0 Å². The lowest BCUT2D eigenvalue weighted by Gasteiger charge is -2.11. The van der Waals surface area contributed by atoms with Crippen molar-refractivity contribution in [3.63, 3.8) is 0 Å². The normalized spacial score (nSPS) is 19.9. The lowest BCUT2D eigenvalue weighted by atomic mass is 10.2. The minimum absolute atomic E-state index is 0.281. The Morgan fingerprint density at radius 2 is 2.06 bits per heavy atom. The van der Waals surface area contributed by atoms with Gasteiger partial charge in [-0.15, -0.1) is 0 Å². The highest BCUT2D eigenvalue weighted by atomic mass is 32.2. The molecule has 0 aromatic carbocycles. The number of hydrogen-bond donors (Lipinski definition) is 2. The molecule has 1 saturated carbocycles. The fourth-order valence-corrected chi connectivity index (χ4v) is 2.52. The number of rotatable bonds is 5. The molecule has 3 N–H and O–H groups in total. The van der Waals surface area contributed by atoms with Crippen molar-refractivity contribution in [3.8, 4) is 0 Å². The molecule has 0 atom stereocenters. The molecule has 0 saturated heterocycles. The lowest BCUT2D eigenvalue weighted by Crippen LogP contribution is -2.36. The van der Waals surface area contributed by atoms with E-state index in [2.05, 4.69) is 24.2 Å². The molecule has 6 heteroatoms. The van der Waals surface area contributed by atoms with E-state index < -0.39 is 14.6 Å². The van der Waals surface area contributed by atoms with E-state index in [0.29, 0.717) is 24.7 Å². The average molecular weight is 247 g/mol. The van der Waals surface area contributed by atoms with Crippen molar-refractivity contribution in [2.45, 2.75) is 31.4 Å². The third-order valence-corrected chi connectivity index (χ3v) is 4.93. The number of sulfone groups is 1. The van der Waals surface area contributed by atoms with E-state index in [9.17, 15) is 8.42 Å². The van der Waals surface area contributed by atoms with Crippen LogP contribution in [0.1, 0.15) is 26.7 Å². The fraction of sp³-hybridized carbons (Fsp3) is 0.900. The van der Waals surface area contributed by atoms with Crippen molar-refractivity contribution < 1.29 is 8.42 Å². The largest absolute Gasteiger partial charge is 0.370 e. The van der Waals surface area contributed by atoms with Gasteiger partial charge in [-0.2, -0.15) is 0 Å². The van der Waals surface area contributed by atoms with Gasteiger partial charge in [0.05, 0.1) is 11.3 Å². The van der Waals surface area contributed by atoms with E-state index in [4.69, 9.17) is 5.73 Å². The summed E-state index contributed by atoms with van der Waals surface area (Å²) < 4.78 is 22.3. The van der Waals surface area contributed by atoms with Gasteiger partial charge in [-0.05, 0) is 18.8 Å². The Bertz CT molecular complexity index is 370. The lowest BCUT2D eigenvalue weighted by molar-refractivity contribution is 0.582. The first-order chi connectivity index (χ1) is 7.27. The van der Waals surface area contributed by atoms with Crippen molar-refractivity contribution in [2.24, 2.45) is 16.6 Å². The second-order valence-corrected chi connectivity index (χ2v) is 7.34. The molecule has 0 unspecified atom stereocenters. The Morgan fingerprint density at radius 1 is 1.50 bits per heavy atom. The van der Waals surface area contributed by atoms with Crippen LogP contribution in [0.4, 0.5) is 0 Å². The molecule has 0 aromatic heterocycles. The second kappa shape index (κ2) is 4.61. The summed E-state index contributed by atoms with van der Waals surface area (Å²) in [6.45, 7) is 5.17. The quantitative estimate of drug-likeness (QED) is 0.534. The van der Waals surface area contributed by atoms with Gasteiger partial charge < -0.3 is 11.1 Å². The molecule has 0 amide bonds. The third-order valence-electron chi connectivity index (χ3n) is 2.82. The fourth-order valence-electron chi connectivity index (χ4n) is 1.38. The van der Waals surface area contributed by atoms with Crippen molar-refractivity contribution in [1.82, 2.24) is 5.32 Å². The smallest absolute Gasteiger partial charge is 0.188 e. The molecule has 16 heavy (non-hydrogen) atoms. The Morgan fingerprint density at radius 3 is 2.44 bits per heavy atom. The van der Waals surface area contributed by atoms with Crippen LogP contribution in [0.3, 0.4) is 0 Å². The molecular formula is C10H21N3O2S. The Labute approximate surface area is 97.4 Å². The zero-order chi connectivity index (χ0) is 12.4. The number of hydrogen-bond acceptors (Lipinski definition) is 3. The van der Waals surface area contributed by atoms with Crippen LogP contribution in [0, 0.1) is 5.92 Å². The number of guanidine groups is 1. The zero-order valence-corrected chi connectivity index (χ0v) is 11.0. The molecule has 1 fully saturated rings. The first-order valence-electron chi connectivity index (χ1n) is 5.50. The van der Waals surface area contributed by atoms with Crippen LogP contribution in [0.2, 0.25) is 0 Å². The summed E-state index contributed by atoms with van der Waals surface area (Å²) in [4.78, 5) is 4.10. The summed E-state index contributed by atoms with van der Waals surface area (Å²) in [7, 11) is -3.01. The molecule has 0 aliphatic heterocycles. The minimum atomic E-state index is -3.01. The standard InChI is InChI=1S/C10H21N3O2S/c1-8(2)6-12-9(11)13-7-10(4-5-10)16(3,14)15/h8H,4-7H2,1-3H3,(H3,11,12,13). The number of nitrogens with one attached hydrogen (secondary N) is 1. The van der Waals surface area contributed by atoms with Crippen LogP contribution in [0.5, 0.6) is 0 Å². The van der Waals surface area contributed by atoms with Gasteiger partial charge in [0, 0.05) is 12.8 Å². The molecular weight excluding hydrogens is 226 g/mol. The highest BCUT2D eigenvalue weighted by molar-refractivity contribution is 7.92. The molecule has 5 nitrogen and oxygen atoms in total. The van der Waals surface area contributed by atoms with Crippen molar-refractivity contribution in [3.05, 3.63) is 0 Å². The van der Waals surface area contributed by atoms with Crippen LogP contribution in [0.25, 0.3) is 0 Å². The van der Waals surface area contributed by atoms with Gasteiger partial charge in [0.1, 0.15) is 0 Å². The first kappa shape index (κ1) is 13.3. The van der Waals surface area contributed by atoms with Crippen molar-refractivity contribution in [1.29, 1.82) is 0 Å². The molecule has 0 radical (unpaired) electrons. The summed E-state index contributed by atoms with van der Waals surface area (Å²) >= 11 is 0. The van der Waals surface area contributed by atoms with Gasteiger partial charge in [0.25, 0.3) is 0 Å². The predicted molar refractivity (Wildman–Crippen MR) is 66.1 cm³/mol. The molecule has 0 spiro atoms. The van der Waals surface area contributed by atoms with Crippen LogP contribution >= 0.6 is 0 Å². The van der Waals surface area contributed by atoms with Crippen LogP contribution in [0.15, 0.2) is 4.99 Å².